The molecule has 0 aliphatic rings. The highest BCUT2D eigenvalue weighted by Crippen LogP contribution is 2.30. The minimum Gasteiger partial charge on any atom is -0.267 e. The summed E-state index contributed by atoms with van der Waals surface area (Å²) >= 11 is 1.25. The zero-order valence-electron chi connectivity index (χ0n) is 14.4. The van der Waals surface area contributed by atoms with E-state index < -0.39 is 17.5 Å². The molecule has 0 atom stereocenters. The molecule has 28 heavy (non-hydrogen) atoms. The number of nitrogens with zero attached hydrogens (tertiary/aromatic N) is 4. The SMILES string of the molecule is Fc1ccc(CSc2nnc(-c3cccnc3)n2-c2ccccc2F)cc1F. The van der Waals surface area contributed by atoms with Gasteiger partial charge in [-0.1, -0.05) is 30.0 Å². The van der Waals surface area contributed by atoms with Crippen LogP contribution in [0, 0.1) is 17.5 Å². The van der Waals surface area contributed by atoms with Crippen LogP contribution in [0.2, 0.25) is 0 Å². The Morgan fingerprint density at radius 2 is 1.71 bits per heavy atom. The molecule has 2 heterocycles. The molecule has 8 heteroatoms. The molecule has 0 spiro atoms. The van der Waals surface area contributed by atoms with Crippen molar-refractivity contribution in [3.05, 3.63) is 90.0 Å². The Morgan fingerprint density at radius 1 is 0.857 bits per heavy atom. The largest absolute Gasteiger partial charge is 0.267 e. The van der Waals surface area contributed by atoms with Gasteiger partial charge in [-0.25, -0.2) is 13.2 Å². The van der Waals surface area contributed by atoms with Crippen LogP contribution in [0.5, 0.6) is 0 Å². The third-order valence-corrected chi connectivity index (χ3v) is 5.00. The first-order valence-corrected chi connectivity index (χ1v) is 9.29. The fraction of sp³-hybridized carbons (Fsp3) is 0.0500. The Labute approximate surface area is 163 Å². The quantitative estimate of drug-likeness (QED) is 0.442. The number of para-hydroxylation sites is 1. The molecule has 0 saturated heterocycles. The van der Waals surface area contributed by atoms with Crippen molar-refractivity contribution in [3.63, 3.8) is 0 Å². The highest BCUT2D eigenvalue weighted by molar-refractivity contribution is 7.98. The molecule has 140 valence electrons. The Balaban J connectivity index is 1.74. The van der Waals surface area contributed by atoms with Gasteiger partial charge in [0.05, 0.1) is 5.69 Å². The van der Waals surface area contributed by atoms with E-state index in [1.54, 1.807) is 47.3 Å². The van der Waals surface area contributed by atoms with Crippen LogP contribution < -0.4 is 0 Å². The predicted molar refractivity (Wildman–Crippen MR) is 100 cm³/mol. The van der Waals surface area contributed by atoms with Gasteiger partial charge in [-0.2, -0.15) is 0 Å². The van der Waals surface area contributed by atoms with Gasteiger partial charge in [0.15, 0.2) is 22.6 Å². The predicted octanol–water partition coefficient (Wildman–Crippen LogP) is 5.04. The number of rotatable bonds is 5. The lowest BCUT2D eigenvalue weighted by molar-refractivity contribution is 0.507. The van der Waals surface area contributed by atoms with Gasteiger partial charge in [0.2, 0.25) is 0 Å². The van der Waals surface area contributed by atoms with Gasteiger partial charge in [-0.15, -0.1) is 10.2 Å². The van der Waals surface area contributed by atoms with Crippen molar-refractivity contribution in [2.45, 2.75) is 10.9 Å². The number of halogens is 3. The lowest BCUT2D eigenvalue weighted by Crippen LogP contribution is -2.02. The molecule has 4 rings (SSSR count). The van der Waals surface area contributed by atoms with E-state index in [2.05, 4.69) is 15.2 Å². The number of aromatic nitrogens is 4. The molecule has 0 saturated carbocycles. The van der Waals surface area contributed by atoms with Crippen molar-refractivity contribution < 1.29 is 13.2 Å². The van der Waals surface area contributed by atoms with Crippen LogP contribution in [0.4, 0.5) is 13.2 Å². The Bertz CT molecular complexity index is 1120. The first kappa shape index (κ1) is 18.2. The third-order valence-electron chi connectivity index (χ3n) is 4.00. The van der Waals surface area contributed by atoms with Gasteiger partial charge >= 0.3 is 0 Å². The molecule has 0 N–H and O–H groups in total. The summed E-state index contributed by atoms with van der Waals surface area (Å²) in [6.45, 7) is 0. The highest BCUT2D eigenvalue weighted by atomic mass is 32.2. The van der Waals surface area contributed by atoms with Crippen LogP contribution in [0.25, 0.3) is 17.1 Å². The van der Waals surface area contributed by atoms with E-state index >= 15 is 0 Å². The monoisotopic (exact) mass is 398 g/mol. The minimum absolute atomic E-state index is 0.291. The number of hydrogen-bond acceptors (Lipinski definition) is 4. The van der Waals surface area contributed by atoms with Gasteiger partial charge in [0.25, 0.3) is 0 Å². The summed E-state index contributed by atoms with van der Waals surface area (Å²) in [5.41, 5.74) is 1.55. The summed E-state index contributed by atoms with van der Waals surface area (Å²) in [6.07, 6.45) is 3.25. The van der Waals surface area contributed by atoms with E-state index in [1.807, 2.05) is 0 Å². The van der Waals surface area contributed by atoms with E-state index in [0.717, 1.165) is 12.1 Å². The van der Waals surface area contributed by atoms with Crippen LogP contribution >= 0.6 is 11.8 Å². The first-order valence-electron chi connectivity index (χ1n) is 8.31. The number of thioether (sulfide) groups is 1. The highest BCUT2D eigenvalue weighted by Gasteiger charge is 2.19. The van der Waals surface area contributed by atoms with Crippen LogP contribution in [0.3, 0.4) is 0 Å². The molecule has 2 aromatic carbocycles. The van der Waals surface area contributed by atoms with Gasteiger partial charge < -0.3 is 0 Å². The second kappa shape index (κ2) is 7.85. The average Bonchev–Trinajstić information content (AvgIpc) is 3.13. The molecule has 0 bridgehead atoms. The normalized spacial score (nSPS) is 11.0. The van der Waals surface area contributed by atoms with E-state index in [-0.39, 0.29) is 0 Å². The number of benzene rings is 2. The van der Waals surface area contributed by atoms with Crippen molar-refractivity contribution in [2.24, 2.45) is 0 Å². The zero-order chi connectivity index (χ0) is 19.5. The summed E-state index contributed by atoms with van der Waals surface area (Å²) in [5.74, 6) is -1.49. The standard InChI is InChI=1S/C20H13F3N4S/c21-15-8-7-13(10-17(15)23)12-28-20-26-25-19(14-4-3-9-24-11-14)27(20)18-6-2-1-5-16(18)22/h1-11H,12H2. The van der Waals surface area contributed by atoms with Crippen molar-refractivity contribution >= 4 is 11.8 Å². The number of hydrogen-bond donors (Lipinski definition) is 0. The summed E-state index contributed by atoms with van der Waals surface area (Å²) in [7, 11) is 0. The van der Waals surface area contributed by atoms with E-state index in [1.165, 1.54) is 23.9 Å². The van der Waals surface area contributed by atoms with E-state index in [0.29, 0.717) is 33.5 Å². The molecule has 0 aliphatic heterocycles. The third kappa shape index (κ3) is 3.63. The number of pyridine rings is 1. The van der Waals surface area contributed by atoms with Crippen molar-refractivity contribution in [1.82, 2.24) is 19.7 Å². The van der Waals surface area contributed by atoms with Gasteiger partial charge in [0.1, 0.15) is 5.82 Å². The van der Waals surface area contributed by atoms with Gasteiger partial charge in [-0.05, 0) is 42.0 Å². The van der Waals surface area contributed by atoms with Crippen LogP contribution in [-0.2, 0) is 5.75 Å². The van der Waals surface area contributed by atoms with Gasteiger partial charge in [0, 0.05) is 23.7 Å². The van der Waals surface area contributed by atoms with Crippen LogP contribution in [0.15, 0.2) is 72.1 Å². The van der Waals surface area contributed by atoms with Crippen LogP contribution in [0.1, 0.15) is 5.56 Å². The van der Waals surface area contributed by atoms with E-state index in [4.69, 9.17) is 0 Å². The summed E-state index contributed by atoms with van der Waals surface area (Å²) < 4.78 is 42.7. The molecular weight excluding hydrogens is 385 g/mol. The van der Waals surface area contributed by atoms with Gasteiger partial charge in [-0.3, -0.25) is 9.55 Å². The topological polar surface area (TPSA) is 43.6 Å². The molecular formula is C20H13F3N4S. The molecule has 0 unspecified atom stereocenters. The summed E-state index contributed by atoms with van der Waals surface area (Å²) in [5, 5.41) is 8.80. The average molecular weight is 398 g/mol. The molecule has 0 aliphatic carbocycles. The Hall–Kier alpha value is -3.13. The second-order valence-electron chi connectivity index (χ2n) is 5.87. The van der Waals surface area contributed by atoms with E-state index in [9.17, 15) is 13.2 Å². The molecule has 0 amide bonds. The van der Waals surface area contributed by atoms with Crippen molar-refractivity contribution in [3.8, 4) is 17.1 Å². The molecule has 0 fully saturated rings. The maximum atomic E-state index is 14.5. The minimum atomic E-state index is -0.912. The summed E-state index contributed by atoms with van der Waals surface area (Å²) in [6, 6.07) is 13.6. The molecule has 2 aromatic heterocycles. The summed E-state index contributed by atoms with van der Waals surface area (Å²) in [4.78, 5) is 4.08. The Morgan fingerprint density at radius 3 is 2.46 bits per heavy atom. The van der Waals surface area contributed by atoms with Crippen LogP contribution in [-0.4, -0.2) is 19.7 Å². The zero-order valence-corrected chi connectivity index (χ0v) is 15.2. The fourth-order valence-electron chi connectivity index (χ4n) is 2.67. The maximum Gasteiger partial charge on any atom is 0.196 e. The second-order valence-corrected chi connectivity index (χ2v) is 6.81. The molecule has 4 aromatic rings. The lowest BCUT2D eigenvalue weighted by Gasteiger charge is -2.11. The fourth-order valence-corrected chi connectivity index (χ4v) is 3.56. The molecule has 0 radical (unpaired) electrons. The maximum absolute atomic E-state index is 14.5. The lowest BCUT2D eigenvalue weighted by atomic mass is 10.2. The first-order chi connectivity index (χ1) is 13.6. The Kier molecular flexibility index (Phi) is 5.12. The molecule has 4 nitrogen and oxygen atoms in total. The van der Waals surface area contributed by atoms with Crippen molar-refractivity contribution in [1.29, 1.82) is 0 Å². The van der Waals surface area contributed by atoms with Crippen molar-refractivity contribution in [2.75, 3.05) is 0 Å². The smallest absolute Gasteiger partial charge is 0.196 e.